The number of aromatic nitrogens is 2. The number of carbonyl (C=O) groups excluding carboxylic acids is 1. The monoisotopic (exact) mass is 409 g/mol. The Labute approximate surface area is 176 Å². The molecule has 2 aromatic heterocycles. The lowest BCUT2D eigenvalue weighted by Crippen LogP contribution is -2.27. The van der Waals surface area contributed by atoms with Gasteiger partial charge in [0.05, 0.1) is 17.3 Å². The average Bonchev–Trinajstić information content (AvgIpc) is 3.04. The van der Waals surface area contributed by atoms with Gasteiger partial charge in [-0.2, -0.15) is 0 Å². The zero-order valence-corrected chi connectivity index (χ0v) is 18.3. The number of pyridine rings is 1. The molecule has 152 valence electrons. The van der Waals surface area contributed by atoms with Gasteiger partial charge in [-0.25, -0.2) is 4.98 Å². The molecule has 0 saturated heterocycles. The molecule has 29 heavy (non-hydrogen) atoms. The zero-order chi connectivity index (χ0) is 21.0. The highest BCUT2D eigenvalue weighted by Crippen LogP contribution is 2.27. The first-order valence-electron chi connectivity index (χ1n) is 9.77. The van der Waals surface area contributed by atoms with Crippen LogP contribution in [0.2, 0.25) is 0 Å². The average molecular weight is 410 g/mol. The molecule has 0 spiro atoms. The maximum absolute atomic E-state index is 12.9. The van der Waals surface area contributed by atoms with Gasteiger partial charge in [-0.1, -0.05) is 43.3 Å². The Kier molecular flexibility index (Phi) is 6.75. The summed E-state index contributed by atoms with van der Waals surface area (Å²) in [5, 5.41) is 7.78. The molecular formula is C23H27N3O2S. The molecule has 0 radical (unpaired) electrons. The molecule has 0 aliphatic carbocycles. The normalized spacial score (nSPS) is 12.2. The Morgan fingerprint density at radius 3 is 2.41 bits per heavy atom. The number of rotatable bonds is 7. The van der Waals surface area contributed by atoms with Crippen molar-refractivity contribution >= 4 is 17.7 Å². The van der Waals surface area contributed by atoms with E-state index in [0.717, 1.165) is 22.6 Å². The van der Waals surface area contributed by atoms with Crippen LogP contribution in [0.15, 0.2) is 52.1 Å². The van der Waals surface area contributed by atoms with E-state index in [1.807, 2.05) is 26.8 Å². The third-order valence-electron chi connectivity index (χ3n) is 5.00. The predicted octanol–water partition coefficient (Wildman–Crippen LogP) is 5.59. The molecular weight excluding hydrogens is 382 g/mol. The predicted molar refractivity (Wildman–Crippen MR) is 116 cm³/mol. The van der Waals surface area contributed by atoms with Gasteiger partial charge in [0, 0.05) is 17.5 Å². The van der Waals surface area contributed by atoms with E-state index in [9.17, 15) is 4.79 Å². The molecule has 0 bridgehead atoms. The van der Waals surface area contributed by atoms with Crippen molar-refractivity contribution in [3.8, 4) is 0 Å². The van der Waals surface area contributed by atoms with Crippen molar-refractivity contribution < 1.29 is 9.32 Å². The van der Waals surface area contributed by atoms with Crippen LogP contribution in [0, 0.1) is 13.8 Å². The number of amides is 1. The highest BCUT2D eigenvalue weighted by molar-refractivity contribution is 7.98. The Morgan fingerprint density at radius 1 is 1.10 bits per heavy atom. The van der Waals surface area contributed by atoms with Gasteiger partial charge < -0.3 is 9.84 Å². The van der Waals surface area contributed by atoms with Crippen LogP contribution < -0.4 is 5.32 Å². The van der Waals surface area contributed by atoms with Crippen molar-refractivity contribution in [1.82, 2.24) is 15.5 Å². The van der Waals surface area contributed by atoms with E-state index in [-0.39, 0.29) is 11.9 Å². The Hall–Kier alpha value is -2.60. The second-order valence-electron chi connectivity index (χ2n) is 7.46. The van der Waals surface area contributed by atoms with Gasteiger partial charge >= 0.3 is 0 Å². The third-order valence-corrected chi connectivity index (χ3v) is 6.03. The number of carbonyl (C=O) groups is 1. The van der Waals surface area contributed by atoms with Crippen LogP contribution in [0.25, 0.3) is 0 Å². The molecule has 5 nitrogen and oxygen atoms in total. The highest BCUT2D eigenvalue weighted by Gasteiger charge is 2.17. The maximum atomic E-state index is 12.9. The van der Waals surface area contributed by atoms with Crippen molar-refractivity contribution in [2.24, 2.45) is 0 Å². The molecule has 3 rings (SSSR count). The molecule has 1 atom stereocenters. The first-order chi connectivity index (χ1) is 13.9. The van der Waals surface area contributed by atoms with E-state index < -0.39 is 0 Å². The summed E-state index contributed by atoms with van der Waals surface area (Å²) in [5.74, 6) is 1.82. The van der Waals surface area contributed by atoms with Crippen LogP contribution >= 0.6 is 11.8 Å². The molecule has 1 aromatic carbocycles. The number of nitrogens with zero attached hydrogens (tertiary/aromatic N) is 2. The van der Waals surface area contributed by atoms with E-state index in [4.69, 9.17) is 4.52 Å². The largest absolute Gasteiger partial charge is 0.361 e. The first kappa shape index (κ1) is 21.1. The fourth-order valence-corrected chi connectivity index (χ4v) is 4.20. The molecule has 0 saturated carbocycles. The molecule has 1 amide bonds. The molecule has 1 unspecified atom stereocenters. The maximum Gasteiger partial charge on any atom is 0.254 e. The Bertz CT molecular complexity index is 961. The summed E-state index contributed by atoms with van der Waals surface area (Å²) in [7, 11) is 0. The topological polar surface area (TPSA) is 68.0 Å². The van der Waals surface area contributed by atoms with Crippen molar-refractivity contribution in [1.29, 1.82) is 0 Å². The second kappa shape index (κ2) is 9.27. The molecule has 3 aromatic rings. The molecule has 1 N–H and O–H groups in total. The smallest absolute Gasteiger partial charge is 0.254 e. The van der Waals surface area contributed by atoms with Gasteiger partial charge in [0.2, 0.25) is 0 Å². The quantitative estimate of drug-likeness (QED) is 0.515. The number of hydrogen-bond acceptors (Lipinski definition) is 5. The van der Waals surface area contributed by atoms with Crippen molar-refractivity contribution in [3.05, 3.63) is 76.3 Å². The standard InChI is InChI=1S/C23H27N3O2S/c1-14(2)18-8-10-19(11-9-18)15(3)25-22(27)20-7-6-12-24-23(20)29-13-21-16(4)26-28-17(21)5/h6-12,14-15H,13H2,1-5H3,(H,25,27). The fraction of sp³-hybridized carbons (Fsp3) is 0.348. The van der Waals surface area contributed by atoms with E-state index >= 15 is 0 Å². The zero-order valence-electron chi connectivity index (χ0n) is 17.5. The number of nitrogens with one attached hydrogen (secondary N) is 1. The highest BCUT2D eigenvalue weighted by atomic mass is 32.2. The Morgan fingerprint density at radius 2 is 1.79 bits per heavy atom. The van der Waals surface area contributed by atoms with Crippen LogP contribution in [0.1, 0.15) is 71.2 Å². The number of benzene rings is 1. The van der Waals surface area contributed by atoms with E-state index in [2.05, 4.69) is 53.6 Å². The second-order valence-corrected chi connectivity index (χ2v) is 8.43. The lowest BCUT2D eigenvalue weighted by Gasteiger charge is -2.16. The summed E-state index contributed by atoms with van der Waals surface area (Å²) in [4.78, 5) is 17.3. The van der Waals surface area contributed by atoms with Crippen LogP contribution in [0.3, 0.4) is 0 Å². The van der Waals surface area contributed by atoms with Gasteiger partial charge in [-0.15, -0.1) is 11.8 Å². The van der Waals surface area contributed by atoms with Gasteiger partial charge in [-0.05, 0) is 49.9 Å². The summed E-state index contributed by atoms with van der Waals surface area (Å²) in [6.45, 7) is 10.2. The fourth-order valence-electron chi connectivity index (χ4n) is 3.05. The van der Waals surface area contributed by atoms with Crippen LogP contribution in [0.4, 0.5) is 0 Å². The van der Waals surface area contributed by atoms with E-state index in [0.29, 0.717) is 22.3 Å². The summed E-state index contributed by atoms with van der Waals surface area (Å²) in [6.07, 6.45) is 1.71. The first-order valence-corrected chi connectivity index (χ1v) is 10.8. The summed E-state index contributed by atoms with van der Waals surface area (Å²) in [5.41, 5.74) is 4.87. The lowest BCUT2D eigenvalue weighted by molar-refractivity contribution is 0.0936. The van der Waals surface area contributed by atoms with E-state index in [1.165, 1.54) is 17.3 Å². The minimum Gasteiger partial charge on any atom is -0.361 e. The molecule has 0 fully saturated rings. The number of hydrogen-bond donors (Lipinski definition) is 1. The Balaban J connectivity index is 1.70. The van der Waals surface area contributed by atoms with Crippen LogP contribution in [-0.4, -0.2) is 16.0 Å². The molecule has 2 heterocycles. The number of thioether (sulfide) groups is 1. The SMILES string of the molecule is Cc1noc(C)c1CSc1ncccc1C(=O)NC(C)c1ccc(C(C)C)cc1. The minimum absolute atomic E-state index is 0.0932. The van der Waals surface area contributed by atoms with Gasteiger partial charge in [0.15, 0.2) is 0 Å². The lowest BCUT2D eigenvalue weighted by atomic mass is 9.99. The summed E-state index contributed by atoms with van der Waals surface area (Å²) >= 11 is 1.52. The van der Waals surface area contributed by atoms with Crippen molar-refractivity contribution in [2.45, 2.75) is 57.4 Å². The van der Waals surface area contributed by atoms with Gasteiger partial charge in [-0.3, -0.25) is 4.79 Å². The third kappa shape index (κ3) is 5.07. The van der Waals surface area contributed by atoms with E-state index in [1.54, 1.807) is 12.3 Å². The van der Waals surface area contributed by atoms with Gasteiger partial charge in [0.25, 0.3) is 5.91 Å². The van der Waals surface area contributed by atoms with Crippen molar-refractivity contribution in [3.63, 3.8) is 0 Å². The molecule has 0 aliphatic rings. The number of aryl methyl sites for hydroxylation is 2. The van der Waals surface area contributed by atoms with Crippen LogP contribution in [0.5, 0.6) is 0 Å². The van der Waals surface area contributed by atoms with Gasteiger partial charge in [0.1, 0.15) is 10.8 Å². The minimum atomic E-state index is -0.125. The molecule has 6 heteroatoms. The summed E-state index contributed by atoms with van der Waals surface area (Å²) < 4.78 is 5.22. The molecule has 0 aliphatic heterocycles. The van der Waals surface area contributed by atoms with Crippen LogP contribution in [-0.2, 0) is 5.75 Å². The van der Waals surface area contributed by atoms with Crippen molar-refractivity contribution in [2.75, 3.05) is 0 Å². The summed E-state index contributed by atoms with van der Waals surface area (Å²) in [6, 6.07) is 11.9.